The molecule has 2 aromatic rings. The van der Waals surface area contributed by atoms with Crippen LogP contribution < -0.4 is 14.8 Å². The van der Waals surface area contributed by atoms with E-state index in [-0.39, 0.29) is 22.6 Å². The van der Waals surface area contributed by atoms with Gasteiger partial charge in [0.05, 0.1) is 16.8 Å². The lowest BCUT2D eigenvalue weighted by Crippen LogP contribution is -2.51. The molecular formula is C22H24ClFN2O4. The number of likely N-dealkylation sites (tertiary alicyclic amines) is 1. The van der Waals surface area contributed by atoms with E-state index in [0.717, 1.165) is 18.9 Å². The van der Waals surface area contributed by atoms with E-state index in [1.807, 2.05) is 19.9 Å². The van der Waals surface area contributed by atoms with Gasteiger partial charge in [-0.1, -0.05) is 29.8 Å². The molecule has 1 N–H and O–H groups in total. The van der Waals surface area contributed by atoms with Gasteiger partial charge in [0.2, 0.25) is 5.91 Å². The molecule has 0 spiro atoms. The third-order valence-corrected chi connectivity index (χ3v) is 4.93. The minimum atomic E-state index is -0.764. The van der Waals surface area contributed by atoms with Crippen molar-refractivity contribution in [1.82, 2.24) is 4.90 Å². The van der Waals surface area contributed by atoms with Gasteiger partial charge in [0.25, 0.3) is 0 Å². The van der Waals surface area contributed by atoms with Gasteiger partial charge in [-0.2, -0.15) is 0 Å². The number of para-hydroxylation sites is 1. The molecule has 6 nitrogen and oxygen atoms in total. The van der Waals surface area contributed by atoms with Gasteiger partial charge < -0.3 is 14.8 Å². The van der Waals surface area contributed by atoms with Gasteiger partial charge in [0.15, 0.2) is 0 Å². The van der Waals surface area contributed by atoms with E-state index in [1.165, 1.54) is 11.0 Å². The first-order chi connectivity index (χ1) is 14.3. The van der Waals surface area contributed by atoms with Gasteiger partial charge in [0.1, 0.15) is 23.4 Å². The fourth-order valence-corrected chi connectivity index (χ4v) is 3.45. The van der Waals surface area contributed by atoms with E-state index in [0.29, 0.717) is 18.7 Å². The molecule has 0 aromatic heterocycles. The molecule has 2 amide bonds. The fourth-order valence-electron chi connectivity index (χ4n) is 3.26. The molecule has 1 saturated heterocycles. The minimum absolute atomic E-state index is 0.0537. The zero-order valence-corrected chi connectivity index (χ0v) is 17.6. The monoisotopic (exact) mass is 434 g/mol. The molecule has 1 aliphatic rings. The summed E-state index contributed by atoms with van der Waals surface area (Å²) in [5, 5.41) is 2.68. The fraction of sp³-hybridized carbons (Fsp3) is 0.364. The summed E-state index contributed by atoms with van der Waals surface area (Å²) in [5.41, 5.74) is -0.0537. The summed E-state index contributed by atoms with van der Waals surface area (Å²) in [5.74, 6) is -0.506. The van der Waals surface area contributed by atoms with Crippen LogP contribution in [-0.4, -0.2) is 35.6 Å². The van der Waals surface area contributed by atoms with Crippen molar-refractivity contribution >= 4 is 29.3 Å². The Morgan fingerprint density at radius 1 is 1.20 bits per heavy atom. The third kappa shape index (κ3) is 5.42. The molecule has 1 fully saturated rings. The number of nitrogens with one attached hydrogen (secondary N) is 1. The average Bonchev–Trinajstić information content (AvgIpc) is 2.72. The molecule has 1 aliphatic heterocycles. The number of benzene rings is 2. The van der Waals surface area contributed by atoms with Gasteiger partial charge in [-0.25, -0.2) is 9.18 Å². The topological polar surface area (TPSA) is 67.9 Å². The maximum atomic E-state index is 14.4. The number of rotatable bonds is 5. The van der Waals surface area contributed by atoms with Crippen LogP contribution >= 0.6 is 11.6 Å². The van der Waals surface area contributed by atoms with Crippen LogP contribution in [0.5, 0.6) is 11.5 Å². The number of carbonyl (C=O) groups excluding carboxylic acids is 2. The van der Waals surface area contributed by atoms with Crippen molar-refractivity contribution < 1.29 is 23.5 Å². The lowest BCUT2D eigenvalue weighted by atomic mass is 10.0. The number of hydrogen-bond acceptors (Lipinski definition) is 4. The lowest BCUT2D eigenvalue weighted by Gasteiger charge is -2.33. The maximum absolute atomic E-state index is 14.4. The van der Waals surface area contributed by atoms with Crippen molar-refractivity contribution in [3.63, 3.8) is 0 Å². The summed E-state index contributed by atoms with van der Waals surface area (Å²) >= 11 is 6.03. The van der Waals surface area contributed by atoms with E-state index in [4.69, 9.17) is 21.1 Å². The SMILES string of the molecule is CC(C)Oc1cc(NC(=O)C2CCCCN2C(=O)Oc2ccccc2)c(F)cc1Cl. The van der Waals surface area contributed by atoms with Crippen molar-refractivity contribution in [2.75, 3.05) is 11.9 Å². The number of amides is 2. The molecule has 3 rings (SSSR count). The first-order valence-electron chi connectivity index (χ1n) is 9.85. The van der Waals surface area contributed by atoms with Crippen LogP contribution in [0.15, 0.2) is 42.5 Å². The summed E-state index contributed by atoms with van der Waals surface area (Å²) < 4.78 is 25.3. The second kappa shape index (κ2) is 9.80. The smallest absolute Gasteiger partial charge is 0.415 e. The highest BCUT2D eigenvalue weighted by Gasteiger charge is 2.34. The molecule has 0 bridgehead atoms. The zero-order valence-electron chi connectivity index (χ0n) is 16.9. The van der Waals surface area contributed by atoms with Gasteiger partial charge >= 0.3 is 6.09 Å². The number of anilines is 1. The molecule has 8 heteroatoms. The molecule has 1 unspecified atom stereocenters. The third-order valence-electron chi connectivity index (χ3n) is 4.63. The molecule has 30 heavy (non-hydrogen) atoms. The van der Waals surface area contributed by atoms with Crippen LogP contribution in [0, 0.1) is 5.82 Å². The zero-order chi connectivity index (χ0) is 21.7. The molecule has 0 saturated carbocycles. The van der Waals surface area contributed by atoms with Crippen molar-refractivity contribution in [3.8, 4) is 11.5 Å². The van der Waals surface area contributed by atoms with Crippen molar-refractivity contribution in [3.05, 3.63) is 53.3 Å². The molecule has 0 aliphatic carbocycles. The van der Waals surface area contributed by atoms with Gasteiger partial charge in [0, 0.05) is 12.6 Å². The predicted molar refractivity (Wildman–Crippen MR) is 113 cm³/mol. The summed E-state index contributed by atoms with van der Waals surface area (Å²) in [6, 6.07) is 10.3. The van der Waals surface area contributed by atoms with E-state index in [1.54, 1.807) is 24.3 Å². The van der Waals surface area contributed by atoms with Gasteiger partial charge in [-0.3, -0.25) is 9.69 Å². The van der Waals surface area contributed by atoms with Crippen LogP contribution in [0.25, 0.3) is 0 Å². The number of piperidine rings is 1. The Labute approximate surface area is 179 Å². The minimum Gasteiger partial charge on any atom is -0.489 e. The molecule has 0 radical (unpaired) electrons. The van der Waals surface area contributed by atoms with Crippen LogP contribution in [0.3, 0.4) is 0 Å². The highest BCUT2D eigenvalue weighted by molar-refractivity contribution is 6.32. The molecule has 160 valence electrons. The number of hydrogen-bond donors (Lipinski definition) is 1. The van der Waals surface area contributed by atoms with Crippen molar-refractivity contribution in [1.29, 1.82) is 0 Å². The second-order valence-corrected chi connectivity index (χ2v) is 7.71. The van der Waals surface area contributed by atoms with Crippen LogP contribution in [0.2, 0.25) is 5.02 Å². The van der Waals surface area contributed by atoms with E-state index in [9.17, 15) is 14.0 Å². The summed E-state index contributed by atoms with van der Waals surface area (Å²) in [4.78, 5) is 26.9. The number of carbonyl (C=O) groups is 2. The Bertz CT molecular complexity index is 908. The maximum Gasteiger partial charge on any atom is 0.415 e. The highest BCUT2D eigenvalue weighted by Crippen LogP contribution is 2.32. The number of nitrogens with zero attached hydrogens (tertiary/aromatic N) is 1. The first kappa shape index (κ1) is 21.9. The molecule has 2 aromatic carbocycles. The number of ether oxygens (including phenoxy) is 2. The largest absolute Gasteiger partial charge is 0.489 e. The summed E-state index contributed by atoms with van der Waals surface area (Å²) in [7, 11) is 0. The van der Waals surface area contributed by atoms with Crippen molar-refractivity contribution in [2.24, 2.45) is 0 Å². The first-order valence-corrected chi connectivity index (χ1v) is 10.2. The normalized spacial score (nSPS) is 16.3. The Kier molecular flexibility index (Phi) is 7.15. The van der Waals surface area contributed by atoms with Crippen LogP contribution in [0.1, 0.15) is 33.1 Å². The standard InChI is InChI=1S/C22H24ClFN2O4/c1-14(2)29-20-13-18(17(24)12-16(20)23)25-21(27)19-10-6-7-11-26(19)22(28)30-15-8-4-3-5-9-15/h3-5,8-9,12-14,19H,6-7,10-11H2,1-2H3,(H,25,27). The Hall–Kier alpha value is -2.80. The predicted octanol–water partition coefficient (Wildman–Crippen LogP) is 5.26. The van der Waals surface area contributed by atoms with E-state index >= 15 is 0 Å². The van der Waals surface area contributed by atoms with Crippen molar-refractivity contribution in [2.45, 2.75) is 45.3 Å². The second-order valence-electron chi connectivity index (χ2n) is 7.30. The average molecular weight is 435 g/mol. The van der Waals surface area contributed by atoms with E-state index < -0.39 is 23.9 Å². The number of halogens is 2. The Morgan fingerprint density at radius 3 is 2.63 bits per heavy atom. The summed E-state index contributed by atoms with van der Waals surface area (Å²) in [6.45, 7) is 4.01. The van der Waals surface area contributed by atoms with Crippen LogP contribution in [-0.2, 0) is 4.79 Å². The summed E-state index contributed by atoms with van der Waals surface area (Å²) in [6.07, 6.45) is 1.22. The lowest BCUT2D eigenvalue weighted by molar-refractivity contribution is -0.121. The van der Waals surface area contributed by atoms with E-state index in [2.05, 4.69) is 5.32 Å². The highest BCUT2D eigenvalue weighted by atomic mass is 35.5. The molecule has 1 atom stereocenters. The molecule has 1 heterocycles. The Morgan fingerprint density at radius 2 is 1.93 bits per heavy atom. The van der Waals surface area contributed by atoms with Gasteiger partial charge in [-0.15, -0.1) is 0 Å². The Balaban J connectivity index is 1.75. The van der Waals surface area contributed by atoms with Gasteiger partial charge in [-0.05, 0) is 51.3 Å². The van der Waals surface area contributed by atoms with Crippen LogP contribution in [0.4, 0.5) is 14.9 Å². The quantitative estimate of drug-likeness (QED) is 0.697. The molecular weight excluding hydrogens is 411 g/mol.